The van der Waals surface area contributed by atoms with Crippen molar-refractivity contribution in [3.05, 3.63) is 70.8 Å². The van der Waals surface area contributed by atoms with Crippen molar-refractivity contribution in [1.82, 2.24) is 19.9 Å². The van der Waals surface area contributed by atoms with E-state index in [0.717, 1.165) is 37.4 Å². The predicted molar refractivity (Wildman–Crippen MR) is 113 cm³/mol. The molecule has 0 radical (unpaired) electrons. The number of aromatic amines is 1. The van der Waals surface area contributed by atoms with Gasteiger partial charge in [0.15, 0.2) is 0 Å². The molecule has 150 valence electrons. The molecule has 1 fully saturated rings. The van der Waals surface area contributed by atoms with E-state index in [-0.39, 0.29) is 5.56 Å². The van der Waals surface area contributed by atoms with E-state index in [0.29, 0.717) is 17.4 Å². The van der Waals surface area contributed by atoms with Gasteiger partial charge in [0.05, 0.1) is 12.3 Å². The molecule has 1 N–H and O–H groups in total. The van der Waals surface area contributed by atoms with Crippen molar-refractivity contribution in [2.45, 2.75) is 19.4 Å². The van der Waals surface area contributed by atoms with Gasteiger partial charge in [0.2, 0.25) is 0 Å². The fourth-order valence-corrected chi connectivity index (χ4v) is 3.95. The average Bonchev–Trinajstić information content (AvgIpc) is 2.75. The summed E-state index contributed by atoms with van der Waals surface area (Å²) in [5.74, 6) is 1.19. The van der Waals surface area contributed by atoms with Crippen LogP contribution in [0.15, 0.2) is 59.7 Å². The topological polar surface area (TPSA) is 71.1 Å². The summed E-state index contributed by atoms with van der Waals surface area (Å²) in [5, 5.41) is 0. The summed E-state index contributed by atoms with van der Waals surface area (Å²) in [6.07, 6.45) is 5.88. The van der Waals surface area contributed by atoms with Crippen LogP contribution in [0.5, 0.6) is 0 Å². The van der Waals surface area contributed by atoms with E-state index in [1.165, 1.54) is 24.5 Å². The van der Waals surface area contributed by atoms with E-state index in [4.69, 9.17) is 4.74 Å². The van der Waals surface area contributed by atoms with Crippen molar-refractivity contribution < 1.29 is 4.74 Å². The third-order valence-electron chi connectivity index (χ3n) is 5.34. The second-order valence-electron chi connectivity index (χ2n) is 7.62. The minimum atomic E-state index is -0.171. The zero-order valence-corrected chi connectivity index (χ0v) is 16.7. The molecule has 1 aromatic carbocycles. The lowest BCUT2D eigenvalue weighted by molar-refractivity contribution is 0.0874. The van der Waals surface area contributed by atoms with Crippen LogP contribution in [-0.2, 0) is 11.3 Å². The normalized spacial score (nSPS) is 17.3. The highest BCUT2D eigenvalue weighted by Gasteiger charge is 2.19. The van der Waals surface area contributed by atoms with Gasteiger partial charge in [-0.05, 0) is 43.0 Å². The number of H-pyrrole nitrogens is 1. The van der Waals surface area contributed by atoms with Gasteiger partial charge in [0.1, 0.15) is 5.82 Å². The van der Waals surface area contributed by atoms with E-state index in [1.807, 2.05) is 24.3 Å². The van der Waals surface area contributed by atoms with Gasteiger partial charge in [-0.3, -0.25) is 14.7 Å². The van der Waals surface area contributed by atoms with Crippen LogP contribution in [0.3, 0.4) is 0 Å². The molecular formula is C23H26N4O2. The molecule has 1 aliphatic rings. The number of aromatic nitrogens is 3. The van der Waals surface area contributed by atoms with Crippen LogP contribution in [0, 0.1) is 5.92 Å². The number of benzene rings is 1. The Morgan fingerprint density at radius 2 is 2.07 bits per heavy atom. The van der Waals surface area contributed by atoms with Gasteiger partial charge in [-0.15, -0.1) is 0 Å². The Balaban J connectivity index is 1.49. The van der Waals surface area contributed by atoms with Crippen LogP contribution in [-0.4, -0.2) is 46.7 Å². The second-order valence-corrected chi connectivity index (χ2v) is 7.62. The quantitative estimate of drug-likeness (QED) is 0.699. The van der Waals surface area contributed by atoms with Crippen molar-refractivity contribution in [2.24, 2.45) is 5.92 Å². The maximum absolute atomic E-state index is 12.1. The summed E-state index contributed by atoms with van der Waals surface area (Å²) in [4.78, 5) is 26.2. The first-order valence-corrected chi connectivity index (χ1v) is 10.0. The lowest BCUT2D eigenvalue weighted by atomic mass is 9.98. The first-order valence-electron chi connectivity index (χ1n) is 10.0. The van der Waals surface area contributed by atoms with Crippen molar-refractivity contribution in [2.75, 3.05) is 26.8 Å². The largest absolute Gasteiger partial charge is 0.384 e. The Bertz CT molecular complexity index is 984. The highest BCUT2D eigenvalue weighted by atomic mass is 16.5. The molecule has 0 amide bonds. The average molecular weight is 390 g/mol. The summed E-state index contributed by atoms with van der Waals surface area (Å²) in [5.41, 5.74) is 3.44. The lowest BCUT2D eigenvalue weighted by Gasteiger charge is -2.32. The first kappa shape index (κ1) is 19.5. The van der Waals surface area contributed by atoms with Gasteiger partial charge in [0.25, 0.3) is 5.56 Å². The number of ether oxygens (including phenoxy) is 1. The van der Waals surface area contributed by atoms with Gasteiger partial charge in [-0.2, -0.15) is 0 Å². The molecule has 0 aliphatic carbocycles. The summed E-state index contributed by atoms with van der Waals surface area (Å²) in [7, 11) is 1.78. The minimum Gasteiger partial charge on any atom is -0.384 e. The zero-order chi connectivity index (χ0) is 20.1. The number of rotatable bonds is 6. The van der Waals surface area contributed by atoms with E-state index >= 15 is 0 Å². The number of nitrogens with one attached hydrogen (secondary N) is 1. The molecule has 1 saturated heterocycles. The van der Waals surface area contributed by atoms with Crippen LogP contribution in [0.1, 0.15) is 18.4 Å². The summed E-state index contributed by atoms with van der Waals surface area (Å²) in [6.45, 7) is 3.98. The van der Waals surface area contributed by atoms with Crippen LogP contribution in [0.25, 0.3) is 22.6 Å². The number of methoxy groups -OCH3 is 1. The van der Waals surface area contributed by atoms with Crippen molar-refractivity contribution in [3.63, 3.8) is 0 Å². The molecule has 3 heterocycles. The Kier molecular flexibility index (Phi) is 6.12. The van der Waals surface area contributed by atoms with Crippen molar-refractivity contribution >= 4 is 0 Å². The monoisotopic (exact) mass is 390 g/mol. The third kappa shape index (κ3) is 4.96. The standard InChI is InChI=1S/C23H26N4O2/c1-29-16-18-4-3-11-27(15-18)14-17-6-8-19(9-7-17)23-25-21(12-22(28)26-23)20-5-2-10-24-13-20/h2,5-10,12-13,18H,3-4,11,14-16H2,1H3,(H,25,26,28). The highest BCUT2D eigenvalue weighted by Crippen LogP contribution is 2.22. The Morgan fingerprint density at radius 3 is 2.83 bits per heavy atom. The predicted octanol–water partition coefficient (Wildman–Crippen LogP) is 3.36. The molecule has 0 spiro atoms. The number of likely N-dealkylation sites (tertiary alicyclic amines) is 1. The fourth-order valence-electron chi connectivity index (χ4n) is 3.95. The van der Waals surface area contributed by atoms with E-state index < -0.39 is 0 Å². The number of hydrogen-bond acceptors (Lipinski definition) is 5. The Labute approximate surface area is 170 Å². The molecule has 4 rings (SSSR count). The zero-order valence-electron chi connectivity index (χ0n) is 16.7. The highest BCUT2D eigenvalue weighted by molar-refractivity contribution is 5.62. The van der Waals surface area contributed by atoms with Crippen LogP contribution in [0.2, 0.25) is 0 Å². The molecule has 29 heavy (non-hydrogen) atoms. The number of nitrogens with zero attached hydrogens (tertiary/aromatic N) is 3. The smallest absolute Gasteiger partial charge is 0.251 e. The lowest BCUT2D eigenvalue weighted by Crippen LogP contribution is -2.36. The van der Waals surface area contributed by atoms with E-state index in [1.54, 1.807) is 19.5 Å². The third-order valence-corrected chi connectivity index (χ3v) is 5.34. The molecule has 6 heteroatoms. The van der Waals surface area contributed by atoms with Gasteiger partial charge in [-0.25, -0.2) is 4.98 Å². The molecule has 2 aromatic heterocycles. The van der Waals surface area contributed by atoms with Crippen LogP contribution >= 0.6 is 0 Å². The molecule has 1 unspecified atom stereocenters. The molecular weight excluding hydrogens is 364 g/mol. The fraction of sp³-hybridized carbons (Fsp3) is 0.348. The van der Waals surface area contributed by atoms with Gasteiger partial charge >= 0.3 is 0 Å². The van der Waals surface area contributed by atoms with Gasteiger partial charge < -0.3 is 9.72 Å². The molecule has 1 atom stereocenters. The van der Waals surface area contributed by atoms with E-state index in [2.05, 4.69) is 32.0 Å². The van der Waals surface area contributed by atoms with Crippen LogP contribution < -0.4 is 5.56 Å². The summed E-state index contributed by atoms with van der Waals surface area (Å²) < 4.78 is 5.33. The van der Waals surface area contributed by atoms with Gasteiger partial charge in [0, 0.05) is 49.8 Å². The van der Waals surface area contributed by atoms with Gasteiger partial charge in [-0.1, -0.05) is 24.3 Å². The maximum atomic E-state index is 12.1. The molecule has 0 saturated carbocycles. The number of piperidine rings is 1. The van der Waals surface area contributed by atoms with Crippen molar-refractivity contribution in [3.8, 4) is 22.6 Å². The molecule has 3 aromatic rings. The summed E-state index contributed by atoms with van der Waals surface area (Å²) >= 11 is 0. The SMILES string of the molecule is COCC1CCCN(Cc2ccc(-c3nc(-c4cccnc4)cc(=O)[nH]3)cc2)C1. The Morgan fingerprint density at radius 1 is 1.21 bits per heavy atom. The number of pyridine rings is 1. The summed E-state index contributed by atoms with van der Waals surface area (Å²) in [6, 6.07) is 13.5. The number of hydrogen-bond donors (Lipinski definition) is 1. The van der Waals surface area contributed by atoms with E-state index in [9.17, 15) is 4.79 Å². The van der Waals surface area contributed by atoms with Crippen LogP contribution in [0.4, 0.5) is 0 Å². The second kappa shape index (κ2) is 9.11. The first-order chi connectivity index (χ1) is 14.2. The van der Waals surface area contributed by atoms with Crippen molar-refractivity contribution in [1.29, 1.82) is 0 Å². The minimum absolute atomic E-state index is 0.171. The molecule has 1 aliphatic heterocycles. The molecule has 6 nitrogen and oxygen atoms in total. The Hall–Kier alpha value is -2.83. The maximum Gasteiger partial charge on any atom is 0.251 e. The molecule has 0 bridgehead atoms.